The molecule has 0 bridgehead atoms. The van der Waals surface area contributed by atoms with E-state index >= 15 is 0 Å². The lowest BCUT2D eigenvalue weighted by Gasteiger charge is -2.01. The summed E-state index contributed by atoms with van der Waals surface area (Å²) in [4.78, 5) is 21.5. The van der Waals surface area contributed by atoms with Crippen LogP contribution in [0.3, 0.4) is 0 Å². The van der Waals surface area contributed by atoms with Gasteiger partial charge in [0.2, 0.25) is 0 Å². The summed E-state index contributed by atoms with van der Waals surface area (Å²) >= 11 is 1.46. The molecule has 3 aromatic rings. The molecule has 3 rings (SSSR count). The predicted molar refractivity (Wildman–Crippen MR) is 105 cm³/mol. The third-order valence-corrected chi connectivity index (χ3v) is 4.54. The molecule has 0 saturated carbocycles. The van der Waals surface area contributed by atoms with E-state index in [9.17, 15) is 20.2 Å². The van der Waals surface area contributed by atoms with Gasteiger partial charge in [-0.1, -0.05) is 29.5 Å². The average molecular weight is 398 g/mol. The Morgan fingerprint density at radius 2 is 1.79 bits per heavy atom. The van der Waals surface area contributed by atoms with Crippen LogP contribution in [0.1, 0.15) is 11.3 Å². The number of nitro benzene ring substituents is 2. The van der Waals surface area contributed by atoms with Gasteiger partial charge < -0.3 is 4.42 Å². The molecule has 10 heteroatoms. The fourth-order valence-corrected chi connectivity index (χ4v) is 3.00. The number of hydrazone groups is 1. The standard InChI is InChI=1S/C18H14N4O5S/c1-12-2-6-15(7-3-12)28-18-9-5-14(27-18)11-19-20-16-8-4-13(21(23)24)10-17(16)22(25)26/h2-11,20H,1H3/b19-11+. The van der Waals surface area contributed by atoms with Crippen LogP contribution in [0.4, 0.5) is 17.1 Å². The molecule has 0 aliphatic carbocycles. The summed E-state index contributed by atoms with van der Waals surface area (Å²) < 4.78 is 5.63. The van der Waals surface area contributed by atoms with E-state index < -0.39 is 15.5 Å². The molecule has 28 heavy (non-hydrogen) atoms. The molecule has 0 aliphatic heterocycles. The van der Waals surface area contributed by atoms with Gasteiger partial charge in [0.25, 0.3) is 5.69 Å². The van der Waals surface area contributed by atoms with E-state index in [-0.39, 0.29) is 11.4 Å². The number of aryl methyl sites for hydroxylation is 1. The molecule has 0 saturated heterocycles. The molecule has 0 unspecified atom stereocenters. The maximum atomic E-state index is 11.1. The van der Waals surface area contributed by atoms with Crippen molar-refractivity contribution in [3.63, 3.8) is 0 Å². The van der Waals surface area contributed by atoms with Gasteiger partial charge in [0.15, 0.2) is 5.09 Å². The predicted octanol–water partition coefficient (Wildman–Crippen LogP) is 5.00. The minimum Gasteiger partial charge on any atom is -0.448 e. The minimum atomic E-state index is -0.714. The first-order chi connectivity index (χ1) is 13.4. The number of nitro groups is 2. The molecule has 0 aliphatic rings. The number of furan rings is 1. The van der Waals surface area contributed by atoms with Gasteiger partial charge in [-0.15, -0.1) is 0 Å². The lowest BCUT2D eigenvalue weighted by atomic mass is 10.2. The van der Waals surface area contributed by atoms with Crippen molar-refractivity contribution in [1.29, 1.82) is 0 Å². The van der Waals surface area contributed by atoms with E-state index in [4.69, 9.17) is 4.42 Å². The molecule has 1 N–H and O–H groups in total. The zero-order valence-corrected chi connectivity index (χ0v) is 15.4. The van der Waals surface area contributed by atoms with Gasteiger partial charge in [-0.05, 0) is 37.3 Å². The van der Waals surface area contributed by atoms with E-state index in [1.165, 1.54) is 29.6 Å². The zero-order chi connectivity index (χ0) is 20.1. The van der Waals surface area contributed by atoms with Crippen LogP contribution >= 0.6 is 11.8 Å². The van der Waals surface area contributed by atoms with Crippen LogP contribution in [0.5, 0.6) is 0 Å². The smallest absolute Gasteiger partial charge is 0.301 e. The lowest BCUT2D eigenvalue weighted by Crippen LogP contribution is -1.98. The first-order valence-corrected chi connectivity index (χ1v) is 8.80. The fraction of sp³-hybridized carbons (Fsp3) is 0.0556. The van der Waals surface area contributed by atoms with Crippen LogP contribution in [0.2, 0.25) is 0 Å². The van der Waals surface area contributed by atoms with Crippen molar-refractivity contribution in [2.24, 2.45) is 5.10 Å². The topological polar surface area (TPSA) is 124 Å². The molecule has 0 amide bonds. The van der Waals surface area contributed by atoms with E-state index in [1.54, 1.807) is 12.1 Å². The summed E-state index contributed by atoms with van der Waals surface area (Å²) in [6.45, 7) is 2.01. The van der Waals surface area contributed by atoms with Gasteiger partial charge in [-0.25, -0.2) is 0 Å². The molecule has 0 spiro atoms. The highest BCUT2D eigenvalue weighted by Gasteiger charge is 2.19. The normalized spacial score (nSPS) is 10.9. The van der Waals surface area contributed by atoms with Gasteiger partial charge in [0, 0.05) is 11.0 Å². The van der Waals surface area contributed by atoms with Gasteiger partial charge in [-0.2, -0.15) is 5.10 Å². The van der Waals surface area contributed by atoms with Crippen molar-refractivity contribution in [1.82, 2.24) is 0 Å². The second-order valence-electron chi connectivity index (χ2n) is 5.66. The highest BCUT2D eigenvalue weighted by molar-refractivity contribution is 7.99. The van der Waals surface area contributed by atoms with Gasteiger partial charge in [-0.3, -0.25) is 25.7 Å². The summed E-state index contributed by atoms with van der Waals surface area (Å²) in [6.07, 6.45) is 1.37. The maximum Gasteiger partial charge on any atom is 0.301 e. The third-order valence-electron chi connectivity index (χ3n) is 3.61. The van der Waals surface area contributed by atoms with Crippen LogP contribution in [0.25, 0.3) is 0 Å². The quantitative estimate of drug-likeness (QED) is 0.337. The Morgan fingerprint density at radius 1 is 1.04 bits per heavy atom. The third kappa shape index (κ3) is 4.74. The monoisotopic (exact) mass is 398 g/mol. The molecule has 1 heterocycles. The number of hydrogen-bond acceptors (Lipinski definition) is 8. The summed E-state index contributed by atoms with van der Waals surface area (Å²) in [5.41, 5.74) is 2.90. The summed E-state index contributed by atoms with van der Waals surface area (Å²) in [5, 5.41) is 26.4. The van der Waals surface area contributed by atoms with Crippen molar-refractivity contribution >= 4 is 35.0 Å². The highest BCUT2D eigenvalue weighted by atomic mass is 32.2. The SMILES string of the molecule is Cc1ccc(Sc2ccc(/C=N/Nc3ccc([N+](=O)[O-])cc3[N+](=O)[O-])o2)cc1. The van der Waals surface area contributed by atoms with Crippen LogP contribution in [0.15, 0.2) is 74.1 Å². The highest BCUT2D eigenvalue weighted by Crippen LogP contribution is 2.30. The van der Waals surface area contributed by atoms with Crippen molar-refractivity contribution in [3.05, 3.63) is 86.1 Å². The molecular weight excluding hydrogens is 384 g/mol. The molecule has 0 atom stereocenters. The molecular formula is C18H14N4O5S. The van der Waals surface area contributed by atoms with E-state index in [2.05, 4.69) is 10.5 Å². The fourth-order valence-electron chi connectivity index (χ4n) is 2.23. The number of anilines is 1. The Morgan fingerprint density at radius 3 is 2.46 bits per heavy atom. The van der Waals surface area contributed by atoms with Gasteiger partial charge >= 0.3 is 5.69 Å². The van der Waals surface area contributed by atoms with Gasteiger partial charge in [0.05, 0.1) is 22.1 Å². The Bertz CT molecular complexity index is 1050. The van der Waals surface area contributed by atoms with Crippen molar-refractivity contribution < 1.29 is 14.3 Å². The van der Waals surface area contributed by atoms with Crippen LogP contribution in [0, 0.1) is 27.2 Å². The Labute approximate surface area is 163 Å². The maximum absolute atomic E-state index is 11.1. The molecule has 0 fully saturated rings. The summed E-state index contributed by atoms with van der Waals surface area (Å²) in [5.74, 6) is 0.451. The number of hydrogen-bond donors (Lipinski definition) is 1. The molecule has 0 radical (unpaired) electrons. The Kier molecular flexibility index (Phi) is 5.70. The molecule has 1 aromatic heterocycles. The number of benzene rings is 2. The van der Waals surface area contributed by atoms with Crippen molar-refractivity contribution in [2.45, 2.75) is 16.9 Å². The molecule has 142 valence electrons. The van der Waals surface area contributed by atoms with Crippen LogP contribution < -0.4 is 5.43 Å². The van der Waals surface area contributed by atoms with Crippen molar-refractivity contribution in [2.75, 3.05) is 5.43 Å². The lowest BCUT2D eigenvalue weighted by molar-refractivity contribution is -0.393. The van der Waals surface area contributed by atoms with E-state index in [0.717, 1.165) is 17.0 Å². The van der Waals surface area contributed by atoms with Gasteiger partial charge in [0.1, 0.15) is 11.4 Å². The first-order valence-electron chi connectivity index (χ1n) is 7.98. The Hall–Kier alpha value is -3.66. The molecule has 2 aromatic carbocycles. The first kappa shape index (κ1) is 19.1. The minimum absolute atomic E-state index is 0.0349. The number of non-ortho nitro benzene ring substituents is 1. The average Bonchev–Trinajstić information content (AvgIpc) is 3.10. The number of rotatable bonds is 7. The molecule has 9 nitrogen and oxygen atoms in total. The largest absolute Gasteiger partial charge is 0.448 e. The van der Waals surface area contributed by atoms with E-state index in [1.807, 2.05) is 31.2 Å². The zero-order valence-electron chi connectivity index (χ0n) is 14.6. The number of nitrogens with one attached hydrogen (secondary N) is 1. The van der Waals surface area contributed by atoms with Crippen molar-refractivity contribution in [3.8, 4) is 0 Å². The second-order valence-corrected chi connectivity index (χ2v) is 6.74. The van der Waals surface area contributed by atoms with Crippen LogP contribution in [-0.4, -0.2) is 16.1 Å². The summed E-state index contributed by atoms with van der Waals surface area (Å²) in [7, 11) is 0. The van der Waals surface area contributed by atoms with Crippen LogP contribution in [-0.2, 0) is 0 Å². The van der Waals surface area contributed by atoms with E-state index in [0.29, 0.717) is 10.9 Å². The number of nitrogens with zero attached hydrogens (tertiary/aromatic N) is 3. The second kappa shape index (κ2) is 8.35. The summed E-state index contributed by atoms with van der Waals surface area (Å²) in [6, 6.07) is 14.8. The Balaban J connectivity index is 1.68.